The molecule has 0 atom stereocenters. The summed E-state index contributed by atoms with van der Waals surface area (Å²) in [5.74, 6) is 1.30. The lowest BCUT2D eigenvalue weighted by atomic mass is 10.4. The zero-order valence-corrected chi connectivity index (χ0v) is 11.0. The molecule has 0 aliphatic heterocycles. The summed E-state index contributed by atoms with van der Waals surface area (Å²) in [5, 5.41) is 10.4. The predicted molar refractivity (Wildman–Crippen MR) is 76.6 cm³/mol. The predicted octanol–water partition coefficient (Wildman–Crippen LogP) is 1.89. The number of anilines is 3. The Morgan fingerprint density at radius 3 is 3.05 bits per heavy atom. The molecule has 0 fully saturated rings. The second-order valence-corrected chi connectivity index (χ2v) is 4.34. The van der Waals surface area contributed by atoms with Crippen LogP contribution in [0.3, 0.4) is 0 Å². The van der Waals surface area contributed by atoms with Crippen LogP contribution in [-0.2, 0) is 13.6 Å². The van der Waals surface area contributed by atoms with Gasteiger partial charge in [0.1, 0.15) is 5.82 Å². The summed E-state index contributed by atoms with van der Waals surface area (Å²) >= 11 is 0. The van der Waals surface area contributed by atoms with Gasteiger partial charge in [0, 0.05) is 31.3 Å². The standard InChI is InChI=1S/C13H15N7/c1-20-9-11(8-17-20)18-13-15-6-4-12(19-13)16-7-10-3-2-5-14-10/h2-6,8-9,14H,7H2,1H3,(H2,15,16,18,19). The maximum atomic E-state index is 4.39. The lowest BCUT2D eigenvalue weighted by molar-refractivity contribution is 0.768. The molecular weight excluding hydrogens is 254 g/mol. The lowest BCUT2D eigenvalue weighted by Gasteiger charge is -2.06. The maximum Gasteiger partial charge on any atom is 0.229 e. The van der Waals surface area contributed by atoms with Crippen molar-refractivity contribution in [1.29, 1.82) is 0 Å². The molecule has 102 valence electrons. The normalized spacial score (nSPS) is 10.4. The average molecular weight is 269 g/mol. The average Bonchev–Trinajstić information content (AvgIpc) is 3.09. The van der Waals surface area contributed by atoms with Crippen LogP contribution < -0.4 is 10.6 Å². The molecule has 7 heteroatoms. The SMILES string of the molecule is Cn1cc(Nc2nccc(NCc3ccc[nH]3)n2)cn1. The van der Waals surface area contributed by atoms with Gasteiger partial charge in [-0.1, -0.05) is 0 Å². The first-order chi connectivity index (χ1) is 9.79. The van der Waals surface area contributed by atoms with Crippen LogP contribution in [0.15, 0.2) is 43.0 Å². The number of aromatic nitrogens is 5. The van der Waals surface area contributed by atoms with Crippen molar-refractivity contribution < 1.29 is 0 Å². The quantitative estimate of drug-likeness (QED) is 0.659. The minimum absolute atomic E-state index is 0.537. The van der Waals surface area contributed by atoms with Gasteiger partial charge in [0.15, 0.2) is 0 Å². The number of rotatable bonds is 5. The molecule has 0 aliphatic rings. The number of aryl methyl sites for hydroxylation is 1. The van der Waals surface area contributed by atoms with E-state index in [2.05, 4.69) is 30.7 Å². The Morgan fingerprint density at radius 2 is 2.30 bits per heavy atom. The fraction of sp³-hybridized carbons (Fsp3) is 0.154. The first-order valence-corrected chi connectivity index (χ1v) is 6.24. The van der Waals surface area contributed by atoms with Crippen molar-refractivity contribution >= 4 is 17.5 Å². The zero-order valence-electron chi connectivity index (χ0n) is 11.0. The molecule has 20 heavy (non-hydrogen) atoms. The topological polar surface area (TPSA) is 83.5 Å². The molecule has 7 nitrogen and oxygen atoms in total. The largest absolute Gasteiger partial charge is 0.364 e. The maximum absolute atomic E-state index is 4.39. The molecule has 0 spiro atoms. The first kappa shape index (κ1) is 12.2. The molecule has 3 N–H and O–H groups in total. The smallest absolute Gasteiger partial charge is 0.229 e. The summed E-state index contributed by atoms with van der Waals surface area (Å²) in [6, 6.07) is 5.81. The van der Waals surface area contributed by atoms with Crippen molar-refractivity contribution in [3.8, 4) is 0 Å². The van der Waals surface area contributed by atoms with E-state index in [1.54, 1.807) is 17.1 Å². The number of hydrogen-bond acceptors (Lipinski definition) is 5. The number of nitrogens with zero attached hydrogens (tertiary/aromatic N) is 4. The summed E-state index contributed by atoms with van der Waals surface area (Å²) in [7, 11) is 1.86. The third-order valence-corrected chi connectivity index (χ3v) is 2.74. The molecule has 0 aromatic carbocycles. The van der Waals surface area contributed by atoms with Gasteiger partial charge in [-0.15, -0.1) is 0 Å². The van der Waals surface area contributed by atoms with E-state index in [1.165, 1.54) is 0 Å². The van der Waals surface area contributed by atoms with Crippen LogP contribution in [-0.4, -0.2) is 24.7 Å². The highest BCUT2D eigenvalue weighted by Crippen LogP contribution is 2.13. The highest BCUT2D eigenvalue weighted by Gasteiger charge is 2.02. The van der Waals surface area contributed by atoms with Crippen molar-refractivity contribution in [2.75, 3.05) is 10.6 Å². The van der Waals surface area contributed by atoms with E-state index >= 15 is 0 Å². The molecule has 0 saturated carbocycles. The number of aromatic amines is 1. The van der Waals surface area contributed by atoms with Crippen molar-refractivity contribution in [3.63, 3.8) is 0 Å². The molecule has 3 aromatic heterocycles. The van der Waals surface area contributed by atoms with Gasteiger partial charge in [-0.2, -0.15) is 10.1 Å². The van der Waals surface area contributed by atoms with E-state index in [-0.39, 0.29) is 0 Å². The van der Waals surface area contributed by atoms with Gasteiger partial charge in [0.05, 0.1) is 18.4 Å². The van der Waals surface area contributed by atoms with Gasteiger partial charge < -0.3 is 15.6 Å². The Hall–Kier alpha value is -2.83. The highest BCUT2D eigenvalue weighted by atomic mass is 15.3. The molecule has 3 rings (SSSR count). The fourth-order valence-corrected chi connectivity index (χ4v) is 1.80. The minimum atomic E-state index is 0.537. The Kier molecular flexibility index (Phi) is 3.32. The Bertz CT molecular complexity index is 672. The van der Waals surface area contributed by atoms with Gasteiger partial charge in [0.2, 0.25) is 5.95 Å². The van der Waals surface area contributed by atoms with Crippen LogP contribution in [0, 0.1) is 0 Å². The summed E-state index contributed by atoms with van der Waals surface area (Å²) in [6.45, 7) is 0.691. The Morgan fingerprint density at radius 1 is 1.35 bits per heavy atom. The third-order valence-electron chi connectivity index (χ3n) is 2.74. The van der Waals surface area contributed by atoms with E-state index < -0.39 is 0 Å². The summed E-state index contributed by atoms with van der Waals surface area (Å²) in [6.07, 6.45) is 7.19. The Labute approximate surface area is 116 Å². The van der Waals surface area contributed by atoms with Gasteiger partial charge in [0.25, 0.3) is 0 Å². The third kappa shape index (κ3) is 2.94. The molecule has 0 amide bonds. The van der Waals surface area contributed by atoms with Gasteiger partial charge in [-0.25, -0.2) is 4.98 Å². The summed E-state index contributed by atoms with van der Waals surface area (Å²) in [5.41, 5.74) is 1.96. The number of nitrogens with one attached hydrogen (secondary N) is 3. The van der Waals surface area contributed by atoms with Crippen molar-refractivity contribution in [1.82, 2.24) is 24.7 Å². The molecule has 0 unspecified atom stereocenters. The van der Waals surface area contributed by atoms with Gasteiger partial charge >= 0.3 is 0 Å². The summed E-state index contributed by atoms with van der Waals surface area (Å²) in [4.78, 5) is 11.7. The van der Waals surface area contributed by atoms with Crippen LogP contribution in [0.4, 0.5) is 17.5 Å². The molecule has 3 aromatic rings. The monoisotopic (exact) mass is 269 g/mol. The van der Waals surface area contributed by atoms with Crippen molar-refractivity contribution in [2.24, 2.45) is 7.05 Å². The number of hydrogen-bond donors (Lipinski definition) is 3. The van der Waals surface area contributed by atoms with E-state index in [0.717, 1.165) is 17.2 Å². The van der Waals surface area contributed by atoms with Crippen molar-refractivity contribution in [3.05, 3.63) is 48.7 Å². The van der Waals surface area contributed by atoms with Crippen LogP contribution in [0.25, 0.3) is 0 Å². The lowest BCUT2D eigenvalue weighted by Crippen LogP contribution is -2.04. The van der Waals surface area contributed by atoms with Crippen molar-refractivity contribution in [2.45, 2.75) is 6.54 Å². The molecule has 3 heterocycles. The molecule has 0 bridgehead atoms. The van der Waals surface area contributed by atoms with E-state index in [4.69, 9.17) is 0 Å². The summed E-state index contributed by atoms with van der Waals surface area (Å²) < 4.78 is 1.72. The van der Waals surface area contributed by atoms with Gasteiger partial charge in [-0.3, -0.25) is 4.68 Å². The molecule has 0 aliphatic carbocycles. The van der Waals surface area contributed by atoms with Gasteiger partial charge in [-0.05, 0) is 18.2 Å². The van der Waals surface area contributed by atoms with Crippen LogP contribution in [0.2, 0.25) is 0 Å². The molecular formula is C13H15N7. The van der Waals surface area contributed by atoms with E-state index in [0.29, 0.717) is 12.5 Å². The van der Waals surface area contributed by atoms with Crippen LogP contribution in [0.5, 0.6) is 0 Å². The second-order valence-electron chi connectivity index (χ2n) is 4.34. The van der Waals surface area contributed by atoms with E-state index in [1.807, 2.05) is 37.6 Å². The number of H-pyrrole nitrogens is 1. The Balaban J connectivity index is 1.66. The van der Waals surface area contributed by atoms with Crippen LogP contribution >= 0.6 is 0 Å². The first-order valence-electron chi connectivity index (χ1n) is 6.24. The fourth-order valence-electron chi connectivity index (χ4n) is 1.80. The second kappa shape index (κ2) is 5.43. The highest BCUT2D eigenvalue weighted by molar-refractivity contribution is 5.52. The zero-order chi connectivity index (χ0) is 13.8. The molecule has 0 saturated heterocycles. The van der Waals surface area contributed by atoms with Crippen LogP contribution in [0.1, 0.15) is 5.69 Å². The minimum Gasteiger partial charge on any atom is -0.364 e. The molecule has 0 radical (unpaired) electrons. The van der Waals surface area contributed by atoms with E-state index in [9.17, 15) is 0 Å².